The Labute approximate surface area is 112 Å². The van der Waals surface area contributed by atoms with Gasteiger partial charge in [-0.25, -0.2) is 0 Å². The Morgan fingerprint density at radius 3 is 2.71 bits per heavy atom. The summed E-state index contributed by atoms with van der Waals surface area (Å²) >= 11 is 3.50. The Morgan fingerprint density at radius 1 is 1.35 bits per heavy atom. The fourth-order valence-electron chi connectivity index (χ4n) is 2.77. The molecule has 0 aliphatic heterocycles. The molecule has 2 nitrogen and oxygen atoms in total. The van der Waals surface area contributed by atoms with Crippen LogP contribution in [0.1, 0.15) is 31.2 Å². The number of rotatable bonds is 4. The number of nitrogens with two attached hydrogens (primary N) is 1. The number of hydrogen-bond acceptors (Lipinski definition) is 2. The maximum Gasteiger partial charge on any atom is 0.0410 e. The molecule has 0 spiro atoms. The van der Waals surface area contributed by atoms with Crippen molar-refractivity contribution in [1.82, 2.24) is 0 Å². The molecule has 0 saturated heterocycles. The molecular formula is C14H21BrN2. The van der Waals surface area contributed by atoms with E-state index in [2.05, 4.69) is 46.1 Å². The Kier molecular flexibility index (Phi) is 4.46. The van der Waals surface area contributed by atoms with Gasteiger partial charge in [-0.2, -0.15) is 0 Å². The molecule has 2 N–H and O–H groups in total. The lowest BCUT2D eigenvalue weighted by Gasteiger charge is -2.25. The highest BCUT2D eigenvalue weighted by Crippen LogP contribution is 2.29. The van der Waals surface area contributed by atoms with Crippen LogP contribution in [0.15, 0.2) is 22.7 Å². The molecule has 1 aromatic carbocycles. The van der Waals surface area contributed by atoms with E-state index in [4.69, 9.17) is 5.73 Å². The number of anilines is 1. The average Bonchev–Trinajstić information content (AvgIpc) is 2.81. The standard InChI is InChI=1S/C14H21BrN2/c1-17(10-11-4-2-3-5-11)14-7-6-13(15)8-12(14)9-16/h6-8,11H,2-5,9-10,16H2,1H3. The molecule has 1 saturated carbocycles. The smallest absolute Gasteiger partial charge is 0.0410 e. The lowest BCUT2D eigenvalue weighted by atomic mass is 10.1. The van der Waals surface area contributed by atoms with Crippen LogP contribution in [-0.4, -0.2) is 13.6 Å². The zero-order chi connectivity index (χ0) is 12.3. The molecule has 0 radical (unpaired) electrons. The number of hydrogen-bond donors (Lipinski definition) is 1. The third-order valence-corrected chi connectivity index (χ3v) is 4.17. The fourth-order valence-corrected chi connectivity index (χ4v) is 3.18. The van der Waals surface area contributed by atoms with Gasteiger partial charge in [0.05, 0.1) is 0 Å². The maximum atomic E-state index is 5.82. The van der Waals surface area contributed by atoms with Crippen LogP contribution in [0.3, 0.4) is 0 Å². The lowest BCUT2D eigenvalue weighted by molar-refractivity contribution is 0.546. The molecule has 0 amide bonds. The van der Waals surface area contributed by atoms with Crippen LogP contribution < -0.4 is 10.6 Å². The summed E-state index contributed by atoms with van der Waals surface area (Å²) in [6.07, 6.45) is 5.59. The van der Waals surface area contributed by atoms with Gasteiger partial charge in [0.1, 0.15) is 0 Å². The first-order valence-corrected chi connectivity index (χ1v) is 7.19. The molecule has 0 atom stereocenters. The summed E-state index contributed by atoms with van der Waals surface area (Å²) < 4.78 is 1.11. The third kappa shape index (κ3) is 3.23. The second-order valence-corrected chi connectivity index (χ2v) is 5.92. The SMILES string of the molecule is CN(CC1CCCC1)c1ccc(Br)cc1CN. The topological polar surface area (TPSA) is 29.3 Å². The number of nitrogens with zero attached hydrogens (tertiary/aromatic N) is 1. The first kappa shape index (κ1) is 12.9. The second kappa shape index (κ2) is 5.87. The predicted molar refractivity (Wildman–Crippen MR) is 77.3 cm³/mol. The summed E-state index contributed by atoms with van der Waals surface area (Å²) in [5, 5.41) is 0. The van der Waals surface area contributed by atoms with Gasteiger partial charge in [0, 0.05) is 30.3 Å². The maximum absolute atomic E-state index is 5.82. The minimum atomic E-state index is 0.601. The predicted octanol–water partition coefficient (Wildman–Crippen LogP) is 3.53. The van der Waals surface area contributed by atoms with Crippen LogP contribution >= 0.6 is 15.9 Å². The first-order chi connectivity index (χ1) is 8.20. The lowest BCUT2D eigenvalue weighted by Crippen LogP contribution is -2.25. The quantitative estimate of drug-likeness (QED) is 0.921. The summed E-state index contributed by atoms with van der Waals surface area (Å²) in [6.45, 7) is 1.76. The zero-order valence-electron chi connectivity index (χ0n) is 10.5. The highest BCUT2D eigenvalue weighted by Gasteiger charge is 2.18. The first-order valence-electron chi connectivity index (χ1n) is 6.40. The van der Waals surface area contributed by atoms with E-state index >= 15 is 0 Å². The molecule has 1 aromatic rings. The number of benzene rings is 1. The van der Waals surface area contributed by atoms with E-state index in [9.17, 15) is 0 Å². The molecule has 0 heterocycles. The summed E-state index contributed by atoms with van der Waals surface area (Å²) in [5.74, 6) is 0.870. The van der Waals surface area contributed by atoms with E-state index in [-0.39, 0.29) is 0 Å². The van der Waals surface area contributed by atoms with Crippen LogP contribution in [0.4, 0.5) is 5.69 Å². The molecular weight excluding hydrogens is 276 g/mol. The largest absolute Gasteiger partial charge is 0.374 e. The van der Waals surface area contributed by atoms with Crippen LogP contribution in [0.2, 0.25) is 0 Å². The van der Waals surface area contributed by atoms with Crippen molar-refractivity contribution in [3.63, 3.8) is 0 Å². The van der Waals surface area contributed by atoms with Crippen molar-refractivity contribution in [3.05, 3.63) is 28.2 Å². The second-order valence-electron chi connectivity index (χ2n) is 5.01. The number of halogens is 1. The molecule has 0 aromatic heterocycles. The van der Waals surface area contributed by atoms with E-state index in [1.165, 1.54) is 36.9 Å². The Morgan fingerprint density at radius 2 is 2.06 bits per heavy atom. The van der Waals surface area contributed by atoms with Crippen molar-refractivity contribution in [2.75, 3.05) is 18.5 Å². The zero-order valence-corrected chi connectivity index (χ0v) is 12.0. The van der Waals surface area contributed by atoms with E-state index in [0.29, 0.717) is 6.54 Å². The van der Waals surface area contributed by atoms with Crippen molar-refractivity contribution in [2.24, 2.45) is 11.7 Å². The van der Waals surface area contributed by atoms with Crippen molar-refractivity contribution < 1.29 is 0 Å². The molecule has 1 aliphatic rings. The van der Waals surface area contributed by atoms with Gasteiger partial charge in [0.2, 0.25) is 0 Å². The molecule has 0 unspecified atom stereocenters. The summed E-state index contributed by atoms with van der Waals surface area (Å²) in [6, 6.07) is 6.39. The van der Waals surface area contributed by atoms with Crippen LogP contribution in [0.5, 0.6) is 0 Å². The molecule has 0 bridgehead atoms. The monoisotopic (exact) mass is 296 g/mol. The average molecular weight is 297 g/mol. The third-order valence-electron chi connectivity index (χ3n) is 3.68. The summed E-state index contributed by atoms with van der Waals surface area (Å²) in [7, 11) is 2.18. The fraction of sp³-hybridized carbons (Fsp3) is 0.571. The van der Waals surface area contributed by atoms with Gasteiger partial charge in [0.15, 0.2) is 0 Å². The van der Waals surface area contributed by atoms with Gasteiger partial charge < -0.3 is 10.6 Å². The normalized spacial score (nSPS) is 16.4. The van der Waals surface area contributed by atoms with Gasteiger partial charge in [-0.05, 0) is 42.5 Å². The molecule has 1 fully saturated rings. The van der Waals surface area contributed by atoms with E-state index in [0.717, 1.165) is 16.9 Å². The Hall–Kier alpha value is -0.540. The molecule has 3 heteroatoms. The molecule has 1 aliphatic carbocycles. The Balaban J connectivity index is 2.09. The minimum absolute atomic E-state index is 0.601. The summed E-state index contributed by atoms with van der Waals surface area (Å²) in [5.41, 5.74) is 8.32. The van der Waals surface area contributed by atoms with Gasteiger partial charge in [-0.15, -0.1) is 0 Å². The van der Waals surface area contributed by atoms with Crippen molar-refractivity contribution in [3.8, 4) is 0 Å². The summed E-state index contributed by atoms with van der Waals surface area (Å²) in [4.78, 5) is 2.37. The van der Waals surface area contributed by atoms with E-state index < -0.39 is 0 Å². The van der Waals surface area contributed by atoms with E-state index in [1.807, 2.05) is 0 Å². The molecule has 94 valence electrons. The van der Waals surface area contributed by atoms with Gasteiger partial charge in [-0.1, -0.05) is 28.8 Å². The van der Waals surface area contributed by atoms with Crippen molar-refractivity contribution in [2.45, 2.75) is 32.2 Å². The van der Waals surface area contributed by atoms with Gasteiger partial charge >= 0.3 is 0 Å². The highest BCUT2D eigenvalue weighted by molar-refractivity contribution is 9.10. The van der Waals surface area contributed by atoms with Crippen molar-refractivity contribution >= 4 is 21.6 Å². The minimum Gasteiger partial charge on any atom is -0.374 e. The van der Waals surface area contributed by atoms with E-state index in [1.54, 1.807) is 0 Å². The van der Waals surface area contributed by atoms with Crippen molar-refractivity contribution in [1.29, 1.82) is 0 Å². The van der Waals surface area contributed by atoms with Crippen LogP contribution in [0.25, 0.3) is 0 Å². The van der Waals surface area contributed by atoms with Gasteiger partial charge in [0.25, 0.3) is 0 Å². The molecule has 2 rings (SSSR count). The van der Waals surface area contributed by atoms with Gasteiger partial charge in [-0.3, -0.25) is 0 Å². The molecule has 17 heavy (non-hydrogen) atoms. The Bertz CT molecular complexity index is 372. The van der Waals surface area contributed by atoms with Crippen LogP contribution in [0, 0.1) is 5.92 Å². The van der Waals surface area contributed by atoms with Crippen LogP contribution in [-0.2, 0) is 6.54 Å². The highest BCUT2D eigenvalue weighted by atomic mass is 79.9.